The van der Waals surface area contributed by atoms with Crippen LogP contribution in [0.15, 0.2) is 12.1 Å². The van der Waals surface area contributed by atoms with Gasteiger partial charge in [-0.1, -0.05) is 13.0 Å². The highest BCUT2D eigenvalue weighted by Gasteiger charge is 2.02. The second-order valence-corrected chi connectivity index (χ2v) is 3.76. The van der Waals surface area contributed by atoms with E-state index in [1.807, 2.05) is 19.1 Å². The van der Waals surface area contributed by atoms with Crippen LogP contribution in [0.3, 0.4) is 0 Å². The predicted octanol–water partition coefficient (Wildman–Crippen LogP) is 2.87. The topological polar surface area (TPSA) is 20.2 Å². The molecule has 0 heterocycles. The Morgan fingerprint density at radius 3 is 2.55 bits per heavy atom. The monoisotopic (exact) mass is 262 g/mol. The van der Waals surface area contributed by atoms with Crippen molar-refractivity contribution in [3.05, 3.63) is 26.8 Å². The zero-order valence-corrected chi connectivity index (χ0v) is 8.84. The third kappa shape index (κ3) is 1.86. The maximum absolute atomic E-state index is 9.42. The largest absolute Gasteiger partial charge is 0.507 e. The highest BCUT2D eigenvalue weighted by molar-refractivity contribution is 14.1. The van der Waals surface area contributed by atoms with Crippen LogP contribution < -0.4 is 0 Å². The first-order valence-corrected chi connectivity index (χ1v) is 4.71. The smallest absolute Gasteiger partial charge is 0.131 e. The van der Waals surface area contributed by atoms with E-state index in [2.05, 4.69) is 29.5 Å². The molecule has 0 unspecified atom stereocenters. The van der Waals surface area contributed by atoms with Crippen LogP contribution in [0.4, 0.5) is 0 Å². The minimum Gasteiger partial charge on any atom is -0.507 e. The van der Waals surface area contributed by atoms with Crippen LogP contribution >= 0.6 is 22.6 Å². The number of rotatable bonds is 1. The molecule has 2 heteroatoms. The van der Waals surface area contributed by atoms with Crippen molar-refractivity contribution in [3.63, 3.8) is 0 Å². The lowest BCUT2D eigenvalue weighted by molar-refractivity contribution is 0.467. The lowest BCUT2D eigenvalue weighted by atomic mass is 10.1. The Hall–Kier alpha value is -0.250. The Morgan fingerprint density at radius 2 is 2.09 bits per heavy atom. The van der Waals surface area contributed by atoms with Gasteiger partial charge < -0.3 is 5.11 Å². The molecule has 0 radical (unpaired) electrons. The zero-order chi connectivity index (χ0) is 8.43. The summed E-state index contributed by atoms with van der Waals surface area (Å²) in [5.41, 5.74) is 2.25. The molecule has 1 nitrogen and oxygen atoms in total. The minimum atomic E-state index is 0.419. The van der Waals surface area contributed by atoms with Gasteiger partial charge in [0.25, 0.3) is 0 Å². The number of phenols is 1. The molecule has 11 heavy (non-hydrogen) atoms. The molecule has 0 saturated heterocycles. The fourth-order valence-corrected chi connectivity index (χ4v) is 1.84. The van der Waals surface area contributed by atoms with Gasteiger partial charge in [-0.05, 0) is 53.1 Å². The van der Waals surface area contributed by atoms with Gasteiger partial charge in [-0.2, -0.15) is 0 Å². The van der Waals surface area contributed by atoms with Crippen LogP contribution in [0.1, 0.15) is 18.1 Å². The van der Waals surface area contributed by atoms with E-state index in [1.165, 1.54) is 5.56 Å². The quantitative estimate of drug-likeness (QED) is 0.771. The molecule has 1 aromatic carbocycles. The Kier molecular flexibility index (Phi) is 2.76. The molecule has 1 rings (SSSR count). The minimum absolute atomic E-state index is 0.419. The number of phenolic OH excluding ortho intramolecular Hbond substituents is 1. The predicted molar refractivity (Wildman–Crippen MR) is 54.9 cm³/mol. The van der Waals surface area contributed by atoms with Crippen molar-refractivity contribution in [2.75, 3.05) is 0 Å². The summed E-state index contributed by atoms with van der Waals surface area (Å²) in [7, 11) is 0. The highest BCUT2D eigenvalue weighted by atomic mass is 127. The molecule has 0 aliphatic heterocycles. The molecular formula is C9H11IO. The maximum atomic E-state index is 9.42. The first kappa shape index (κ1) is 8.84. The molecule has 0 aliphatic rings. The van der Waals surface area contributed by atoms with Crippen molar-refractivity contribution in [1.82, 2.24) is 0 Å². The van der Waals surface area contributed by atoms with E-state index in [0.29, 0.717) is 5.75 Å². The van der Waals surface area contributed by atoms with Crippen molar-refractivity contribution in [2.24, 2.45) is 0 Å². The van der Waals surface area contributed by atoms with Crippen molar-refractivity contribution < 1.29 is 5.11 Å². The first-order chi connectivity index (χ1) is 5.15. The maximum Gasteiger partial charge on any atom is 0.131 e. The van der Waals surface area contributed by atoms with E-state index >= 15 is 0 Å². The third-order valence-corrected chi connectivity index (χ3v) is 2.54. The molecule has 1 N–H and O–H groups in total. The van der Waals surface area contributed by atoms with Gasteiger partial charge in [0, 0.05) is 0 Å². The summed E-state index contributed by atoms with van der Waals surface area (Å²) < 4.78 is 0.944. The van der Waals surface area contributed by atoms with Gasteiger partial charge >= 0.3 is 0 Å². The third-order valence-electron chi connectivity index (χ3n) is 1.72. The Morgan fingerprint density at radius 1 is 1.45 bits per heavy atom. The van der Waals surface area contributed by atoms with Crippen molar-refractivity contribution in [3.8, 4) is 5.75 Å². The summed E-state index contributed by atoms with van der Waals surface area (Å²) in [5.74, 6) is 0.419. The number of hydrogen-bond acceptors (Lipinski definition) is 1. The van der Waals surface area contributed by atoms with E-state index in [0.717, 1.165) is 15.6 Å². The highest BCUT2D eigenvalue weighted by Crippen LogP contribution is 2.25. The average molecular weight is 262 g/mol. The van der Waals surface area contributed by atoms with Gasteiger partial charge in [0.1, 0.15) is 5.75 Å². The van der Waals surface area contributed by atoms with Gasteiger partial charge in [-0.25, -0.2) is 0 Å². The number of hydrogen-bond donors (Lipinski definition) is 1. The summed E-state index contributed by atoms with van der Waals surface area (Å²) in [6.07, 6.45) is 1.02. The summed E-state index contributed by atoms with van der Waals surface area (Å²) >= 11 is 2.15. The van der Waals surface area contributed by atoms with E-state index < -0.39 is 0 Å². The van der Waals surface area contributed by atoms with E-state index in [4.69, 9.17) is 0 Å². The number of aryl methyl sites for hydroxylation is 2. The van der Waals surface area contributed by atoms with Crippen LogP contribution in [-0.2, 0) is 6.42 Å². The van der Waals surface area contributed by atoms with Gasteiger partial charge in [-0.3, -0.25) is 0 Å². The molecule has 0 aliphatic carbocycles. The second kappa shape index (κ2) is 3.43. The first-order valence-electron chi connectivity index (χ1n) is 3.63. The Bertz CT molecular complexity index is 245. The fourth-order valence-electron chi connectivity index (χ4n) is 1.01. The summed E-state index contributed by atoms with van der Waals surface area (Å²) in [5, 5.41) is 9.42. The Labute approximate surface area is 80.6 Å². The molecule has 60 valence electrons. The van der Waals surface area contributed by atoms with Crippen molar-refractivity contribution >= 4 is 22.6 Å². The fraction of sp³-hybridized carbons (Fsp3) is 0.333. The summed E-state index contributed by atoms with van der Waals surface area (Å²) in [6.45, 7) is 4.04. The average Bonchev–Trinajstić information content (AvgIpc) is 1.99. The molecule has 0 aromatic heterocycles. The van der Waals surface area contributed by atoms with Crippen LogP contribution in [0, 0.1) is 10.5 Å². The molecular weight excluding hydrogens is 251 g/mol. The SMILES string of the molecule is CCc1cc(C)c(O)c(I)c1. The number of halogens is 1. The molecule has 1 aromatic rings. The molecule has 0 amide bonds. The molecule has 0 fully saturated rings. The van der Waals surface area contributed by atoms with Crippen LogP contribution in [0.2, 0.25) is 0 Å². The van der Waals surface area contributed by atoms with Gasteiger partial charge in [0.2, 0.25) is 0 Å². The lowest BCUT2D eigenvalue weighted by Crippen LogP contribution is -1.85. The summed E-state index contributed by atoms with van der Waals surface area (Å²) in [6, 6.07) is 4.04. The van der Waals surface area contributed by atoms with Crippen LogP contribution in [0.5, 0.6) is 5.75 Å². The second-order valence-electron chi connectivity index (χ2n) is 2.60. The number of benzene rings is 1. The van der Waals surface area contributed by atoms with Crippen LogP contribution in [0.25, 0.3) is 0 Å². The number of aromatic hydroxyl groups is 1. The molecule has 0 bridgehead atoms. The van der Waals surface area contributed by atoms with E-state index in [1.54, 1.807) is 0 Å². The van der Waals surface area contributed by atoms with Crippen molar-refractivity contribution in [2.45, 2.75) is 20.3 Å². The standard InChI is InChI=1S/C9H11IO/c1-3-7-4-6(2)9(11)8(10)5-7/h4-5,11H,3H2,1-2H3. The molecule has 0 atom stereocenters. The van der Waals surface area contributed by atoms with Gasteiger partial charge in [0.05, 0.1) is 3.57 Å². The van der Waals surface area contributed by atoms with E-state index in [-0.39, 0.29) is 0 Å². The summed E-state index contributed by atoms with van der Waals surface area (Å²) in [4.78, 5) is 0. The van der Waals surface area contributed by atoms with Gasteiger partial charge in [-0.15, -0.1) is 0 Å². The molecule has 0 saturated carbocycles. The normalized spacial score (nSPS) is 10.1. The van der Waals surface area contributed by atoms with Gasteiger partial charge in [0.15, 0.2) is 0 Å². The Balaban J connectivity index is 3.21. The van der Waals surface area contributed by atoms with E-state index in [9.17, 15) is 5.11 Å². The zero-order valence-electron chi connectivity index (χ0n) is 6.69. The van der Waals surface area contributed by atoms with Crippen LogP contribution in [-0.4, -0.2) is 5.11 Å². The molecule has 0 spiro atoms. The lowest BCUT2D eigenvalue weighted by Gasteiger charge is -2.04. The van der Waals surface area contributed by atoms with Crippen molar-refractivity contribution in [1.29, 1.82) is 0 Å².